The zero-order valence-electron chi connectivity index (χ0n) is 10.6. The molecular weight excluding hydrogens is 300 g/mol. The summed E-state index contributed by atoms with van der Waals surface area (Å²) in [6.07, 6.45) is -0.690. The van der Waals surface area contributed by atoms with Crippen molar-refractivity contribution in [3.8, 4) is 0 Å². The first-order chi connectivity index (χ1) is 8.45. The molecule has 9 nitrogen and oxygen atoms in total. The van der Waals surface area contributed by atoms with Crippen LogP contribution in [0, 0.1) is 0 Å². The van der Waals surface area contributed by atoms with Gasteiger partial charge in [0, 0.05) is 20.3 Å². The number of amides is 1. The molecule has 0 aliphatic carbocycles. The number of rotatable bonds is 8. The van der Waals surface area contributed by atoms with Crippen molar-refractivity contribution in [3.05, 3.63) is 0 Å². The van der Waals surface area contributed by atoms with Gasteiger partial charge in [-0.15, -0.1) is 0 Å². The summed E-state index contributed by atoms with van der Waals surface area (Å²) >= 11 is 0. The van der Waals surface area contributed by atoms with Gasteiger partial charge in [0.1, 0.15) is 6.61 Å². The summed E-state index contributed by atoms with van der Waals surface area (Å²) in [4.78, 5) is 38.2. The van der Waals surface area contributed by atoms with Gasteiger partial charge in [-0.25, -0.2) is 0 Å². The topological polar surface area (TPSA) is 153 Å². The molecule has 0 rings (SSSR count). The Hall–Kier alpha value is -0.270. The van der Waals surface area contributed by atoms with Gasteiger partial charge in [0.05, 0.1) is 0 Å². The monoisotopic (exact) mass is 319 g/mol. The maximum atomic E-state index is 11.4. The molecule has 0 heterocycles. The fourth-order valence-corrected chi connectivity index (χ4v) is 4.29. The van der Waals surface area contributed by atoms with E-state index in [-0.39, 0.29) is 19.6 Å². The Morgan fingerprint density at radius 3 is 2.21 bits per heavy atom. The highest BCUT2D eigenvalue weighted by atomic mass is 31.2. The van der Waals surface area contributed by atoms with Gasteiger partial charge in [0.15, 0.2) is 0 Å². The molecule has 0 aromatic rings. The van der Waals surface area contributed by atoms with E-state index in [0.29, 0.717) is 6.66 Å². The van der Waals surface area contributed by atoms with E-state index in [2.05, 4.69) is 10.1 Å². The van der Waals surface area contributed by atoms with Crippen molar-refractivity contribution < 1.29 is 38.4 Å². The molecule has 0 saturated carbocycles. The Labute approximate surface area is 110 Å². The van der Waals surface area contributed by atoms with Crippen LogP contribution >= 0.6 is 15.0 Å². The van der Waals surface area contributed by atoms with Crippen LogP contribution in [0.1, 0.15) is 12.8 Å². The zero-order valence-corrected chi connectivity index (χ0v) is 12.4. The van der Waals surface area contributed by atoms with Crippen LogP contribution in [0.15, 0.2) is 0 Å². The van der Waals surface area contributed by atoms with Crippen molar-refractivity contribution in [2.24, 2.45) is 0 Å². The second kappa shape index (κ2) is 6.95. The fraction of sp³-hybridized carbons (Fsp3) is 0.875. The first-order valence-electron chi connectivity index (χ1n) is 5.29. The zero-order chi connectivity index (χ0) is 15.3. The summed E-state index contributed by atoms with van der Waals surface area (Å²) in [6.45, 7) is 0.495. The van der Waals surface area contributed by atoms with Crippen molar-refractivity contribution >= 4 is 20.9 Å². The van der Waals surface area contributed by atoms with Crippen molar-refractivity contribution in [2.75, 3.05) is 26.9 Å². The summed E-state index contributed by atoms with van der Waals surface area (Å²) in [5.41, 5.74) is 0. The highest BCUT2D eigenvalue weighted by Crippen LogP contribution is 2.69. The van der Waals surface area contributed by atoms with E-state index < -0.39 is 32.4 Å². The summed E-state index contributed by atoms with van der Waals surface area (Å²) in [5.74, 6) is -0.439. The predicted octanol–water partition coefficient (Wildman–Crippen LogP) is -0.747. The molecule has 2 unspecified atom stereocenters. The van der Waals surface area contributed by atoms with Crippen LogP contribution in [-0.4, -0.2) is 57.7 Å². The number of hydrogen-bond donors (Lipinski definition) is 5. The van der Waals surface area contributed by atoms with Crippen molar-refractivity contribution in [2.45, 2.75) is 17.9 Å². The molecule has 11 heteroatoms. The molecule has 0 radical (unpaired) electrons. The number of nitrogens with one attached hydrogen (secondary N) is 1. The molecule has 0 aliphatic heterocycles. The summed E-state index contributed by atoms with van der Waals surface area (Å²) in [6, 6.07) is 0. The number of hydrogen-bond acceptors (Lipinski definition) is 5. The lowest BCUT2D eigenvalue weighted by Crippen LogP contribution is -2.32. The van der Waals surface area contributed by atoms with Gasteiger partial charge < -0.3 is 29.8 Å². The number of methoxy groups -OCH3 is 1. The third-order valence-corrected chi connectivity index (χ3v) is 7.02. The second-order valence-corrected chi connectivity index (χ2v) is 8.76. The van der Waals surface area contributed by atoms with E-state index in [4.69, 9.17) is 9.79 Å². The maximum Gasteiger partial charge on any atom is 0.366 e. The molecule has 0 spiro atoms. The van der Waals surface area contributed by atoms with E-state index in [0.717, 1.165) is 0 Å². The highest BCUT2D eigenvalue weighted by molar-refractivity contribution is 7.74. The lowest BCUT2D eigenvalue weighted by molar-refractivity contribution is -0.124. The van der Waals surface area contributed by atoms with E-state index in [1.807, 2.05) is 0 Å². The van der Waals surface area contributed by atoms with Crippen LogP contribution in [0.4, 0.5) is 0 Å². The third-order valence-electron chi connectivity index (χ3n) is 2.42. The SMILES string of the molecule is COCC(=O)NCCCC(O)(P(C)(=O)O)P(=O)(O)O. The molecule has 0 bridgehead atoms. The van der Waals surface area contributed by atoms with Gasteiger partial charge in [0.2, 0.25) is 18.4 Å². The molecule has 5 N–H and O–H groups in total. The van der Waals surface area contributed by atoms with Crippen LogP contribution in [0.3, 0.4) is 0 Å². The highest BCUT2D eigenvalue weighted by Gasteiger charge is 2.56. The van der Waals surface area contributed by atoms with Crippen LogP contribution < -0.4 is 5.32 Å². The third kappa shape index (κ3) is 5.31. The molecule has 0 fully saturated rings. The van der Waals surface area contributed by atoms with Gasteiger partial charge in [-0.05, 0) is 12.8 Å². The second-order valence-electron chi connectivity index (χ2n) is 4.08. The molecule has 1 amide bonds. The molecule has 19 heavy (non-hydrogen) atoms. The molecule has 0 aromatic carbocycles. The van der Waals surface area contributed by atoms with Crippen LogP contribution in [0.5, 0.6) is 0 Å². The van der Waals surface area contributed by atoms with Gasteiger partial charge in [-0.3, -0.25) is 13.9 Å². The van der Waals surface area contributed by atoms with Crippen LogP contribution in [0.2, 0.25) is 0 Å². The smallest absolute Gasteiger partial charge is 0.366 e. The van der Waals surface area contributed by atoms with E-state index in [9.17, 15) is 23.9 Å². The average molecular weight is 319 g/mol. The minimum absolute atomic E-state index is 0.00942. The van der Waals surface area contributed by atoms with Crippen molar-refractivity contribution in [3.63, 3.8) is 0 Å². The molecule has 0 aliphatic rings. The Balaban J connectivity index is 4.53. The van der Waals surface area contributed by atoms with Crippen molar-refractivity contribution in [1.29, 1.82) is 0 Å². The lowest BCUT2D eigenvalue weighted by Gasteiger charge is -2.30. The quantitative estimate of drug-likeness (QED) is 0.289. The Morgan fingerprint density at radius 2 is 1.84 bits per heavy atom. The molecule has 0 saturated heterocycles. The minimum Gasteiger partial charge on any atom is -0.375 e. The average Bonchev–Trinajstić information content (AvgIpc) is 2.21. The first kappa shape index (κ1) is 18.7. The van der Waals surface area contributed by atoms with Crippen molar-refractivity contribution in [1.82, 2.24) is 5.32 Å². The molecule has 2 atom stereocenters. The standard InChI is InChI=1S/C8H19NO8P2/c1-17-6-7(10)9-5-3-4-8(11,18(2,12)13)19(14,15)16/h11H,3-6H2,1-2H3,(H,9,10)(H,12,13)(H2,14,15,16). The van der Waals surface area contributed by atoms with E-state index in [1.165, 1.54) is 7.11 Å². The molecular formula is C8H19NO8P2. The maximum absolute atomic E-state index is 11.4. The van der Waals surface area contributed by atoms with E-state index in [1.54, 1.807) is 0 Å². The number of aliphatic hydroxyl groups is 1. The molecule has 114 valence electrons. The Kier molecular flexibility index (Phi) is 6.85. The van der Waals surface area contributed by atoms with Crippen LogP contribution in [0.25, 0.3) is 0 Å². The fourth-order valence-electron chi connectivity index (χ4n) is 1.33. The summed E-state index contributed by atoms with van der Waals surface area (Å²) in [5, 5.41) is 9.10. The Bertz CT molecular complexity index is 378. The van der Waals surface area contributed by atoms with Gasteiger partial charge in [-0.2, -0.15) is 0 Å². The Morgan fingerprint density at radius 1 is 1.32 bits per heavy atom. The minimum atomic E-state index is -5.18. The normalized spacial score (nSPS) is 18.4. The van der Waals surface area contributed by atoms with Gasteiger partial charge in [0.25, 0.3) is 0 Å². The largest absolute Gasteiger partial charge is 0.375 e. The summed E-state index contributed by atoms with van der Waals surface area (Å²) < 4.78 is 27.1. The van der Waals surface area contributed by atoms with Gasteiger partial charge in [-0.1, -0.05) is 0 Å². The first-order valence-corrected chi connectivity index (χ1v) is 9.01. The number of carbonyl (C=O) groups excluding carboxylic acids is 1. The number of carbonyl (C=O) groups is 1. The van der Waals surface area contributed by atoms with Crippen LogP contribution in [-0.2, 0) is 18.7 Å². The van der Waals surface area contributed by atoms with Gasteiger partial charge >= 0.3 is 7.60 Å². The number of ether oxygens (including phenoxy) is 1. The summed E-state index contributed by atoms with van der Waals surface area (Å²) in [7, 11) is -8.29. The molecule has 0 aromatic heterocycles. The van der Waals surface area contributed by atoms with E-state index >= 15 is 0 Å². The predicted molar refractivity (Wildman–Crippen MR) is 66.9 cm³/mol. The lowest BCUT2D eigenvalue weighted by atomic mass is 10.3.